The number of thioether (sulfide) groups is 3. The van der Waals surface area contributed by atoms with Gasteiger partial charge in [-0.2, -0.15) is 35.3 Å². The Morgan fingerprint density at radius 3 is 1.77 bits per heavy atom. The number of aliphatic imine (C=N–C) groups is 1. The van der Waals surface area contributed by atoms with Crippen LogP contribution in [0.2, 0.25) is 0 Å². The summed E-state index contributed by atoms with van der Waals surface area (Å²) in [6.07, 6.45) is 5.87. The highest BCUT2D eigenvalue weighted by Gasteiger charge is 2.43. The van der Waals surface area contributed by atoms with Crippen LogP contribution in [0.15, 0.2) is 53.5 Å². The van der Waals surface area contributed by atoms with Gasteiger partial charge in [0.2, 0.25) is 65.0 Å². The zero-order chi connectivity index (χ0) is 80.5. The summed E-state index contributed by atoms with van der Waals surface area (Å²) in [7, 11) is 0. The van der Waals surface area contributed by atoms with Gasteiger partial charge in [-0.15, -0.1) is 0 Å². The number of carbonyl (C=O) groups excluding carboxylic acids is 11. The second-order valence-corrected chi connectivity index (χ2v) is 30.6. The maximum absolute atomic E-state index is 14.6. The molecule has 0 aromatic heterocycles. The van der Waals surface area contributed by atoms with Gasteiger partial charge in [-0.05, 0) is 73.6 Å². The first-order valence-electron chi connectivity index (χ1n) is 37.5. The lowest BCUT2D eigenvalue weighted by atomic mass is 10.0. The van der Waals surface area contributed by atoms with Crippen LogP contribution in [0.1, 0.15) is 126 Å². The molecule has 0 bridgehead atoms. The molecule has 0 spiro atoms. The molecule has 610 valence electrons. The molecule has 36 heteroatoms. The number of aliphatic carboxylic acids is 3. The van der Waals surface area contributed by atoms with E-state index in [1.54, 1.807) is 52.0 Å². The number of rotatable bonds is 51. The number of unbranched alkanes of at least 4 members (excludes halogenated alkanes) is 2. The van der Waals surface area contributed by atoms with E-state index in [1.807, 2.05) is 32.0 Å². The maximum Gasteiger partial charge on any atom is 0.320 e. The average Bonchev–Trinajstić information content (AvgIpc) is 1.65. The third kappa shape index (κ3) is 34.6. The number of nitrogens with two attached hydrogens (primary N) is 3. The maximum atomic E-state index is 14.6. The van der Waals surface area contributed by atoms with E-state index in [9.17, 15) is 82.4 Å². The summed E-state index contributed by atoms with van der Waals surface area (Å²) in [5, 5.41) is 42.6. The number of hydrogen-bond donors (Lipinski definition) is 11. The van der Waals surface area contributed by atoms with Crippen molar-refractivity contribution in [3.05, 3.63) is 70.8 Å². The van der Waals surface area contributed by atoms with Gasteiger partial charge in [0.1, 0.15) is 42.9 Å². The third-order valence-electron chi connectivity index (χ3n) is 18.8. The molecular formula is C74H112N14O19S3. The third-order valence-corrected chi connectivity index (χ3v) is 22.1. The predicted octanol–water partition coefficient (Wildman–Crippen LogP) is 0.729. The molecule has 3 heterocycles. The van der Waals surface area contributed by atoms with E-state index in [2.05, 4.69) is 31.6 Å². The molecule has 8 atom stereocenters. The van der Waals surface area contributed by atoms with Crippen LogP contribution in [0, 0.1) is 11.8 Å². The Hall–Kier alpha value is -8.26. The fourth-order valence-electron chi connectivity index (χ4n) is 12.6. The van der Waals surface area contributed by atoms with Crippen LogP contribution in [-0.4, -0.2) is 287 Å². The van der Waals surface area contributed by atoms with E-state index in [-0.39, 0.29) is 166 Å². The van der Waals surface area contributed by atoms with Gasteiger partial charge in [0, 0.05) is 138 Å². The number of benzene rings is 2. The largest absolute Gasteiger partial charge is 0.480 e. The van der Waals surface area contributed by atoms with Crippen molar-refractivity contribution in [2.24, 2.45) is 34.0 Å². The van der Waals surface area contributed by atoms with Gasteiger partial charge in [-0.1, -0.05) is 82.1 Å². The highest BCUT2D eigenvalue weighted by molar-refractivity contribution is 7.99. The molecule has 5 rings (SSSR count). The van der Waals surface area contributed by atoms with Crippen LogP contribution in [0.25, 0.3) is 0 Å². The van der Waals surface area contributed by atoms with Crippen molar-refractivity contribution in [1.82, 2.24) is 51.1 Å². The van der Waals surface area contributed by atoms with Gasteiger partial charge in [-0.3, -0.25) is 81.8 Å². The Bertz CT molecular complexity index is 3390. The van der Waals surface area contributed by atoms with Crippen LogP contribution in [0.3, 0.4) is 0 Å². The molecule has 14 N–H and O–H groups in total. The molecule has 0 saturated carbocycles. The molecule has 3 fully saturated rings. The molecule has 3 aliphatic heterocycles. The fourth-order valence-corrected chi connectivity index (χ4v) is 15.4. The quantitative estimate of drug-likeness (QED) is 0.0321. The first kappa shape index (κ1) is 92.3. The summed E-state index contributed by atoms with van der Waals surface area (Å²) < 4.78 is 11.1. The lowest BCUT2D eigenvalue weighted by Gasteiger charge is -2.31. The zero-order valence-electron chi connectivity index (χ0n) is 63.3. The molecule has 2 aromatic carbocycles. The van der Waals surface area contributed by atoms with Gasteiger partial charge in [0.15, 0.2) is 0 Å². The number of primary amides is 3. The van der Waals surface area contributed by atoms with Crippen molar-refractivity contribution in [3.8, 4) is 0 Å². The summed E-state index contributed by atoms with van der Waals surface area (Å²) in [4.78, 5) is 193. The number of amides is 11. The van der Waals surface area contributed by atoms with Crippen LogP contribution in [0.4, 0.5) is 0 Å². The predicted molar refractivity (Wildman–Crippen MR) is 416 cm³/mol. The summed E-state index contributed by atoms with van der Waals surface area (Å²) >= 11 is 4.27. The molecule has 110 heavy (non-hydrogen) atoms. The van der Waals surface area contributed by atoms with Crippen molar-refractivity contribution in [3.63, 3.8) is 0 Å². The fraction of sp³-hybridized carbons (Fsp3) is 0.635. The molecule has 0 aliphatic carbocycles. The summed E-state index contributed by atoms with van der Waals surface area (Å²) in [5.41, 5.74) is 20.3. The molecule has 0 radical (unpaired) electrons. The Morgan fingerprint density at radius 1 is 0.600 bits per heavy atom. The molecular weight excluding hydrogens is 1490 g/mol. The van der Waals surface area contributed by atoms with Crippen molar-refractivity contribution in [2.45, 2.75) is 164 Å². The van der Waals surface area contributed by atoms with E-state index < -0.39 is 107 Å². The minimum atomic E-state index is -1.26. The number of nitrogens with zero attached hydrogens (tertiary/aromatic N) is 6. The first-order chi connectivity index (χ1) is 52.7. The average molecular weight is 1600 g/mol. The monoisotopic (exact) mass is 1600 g/mol. The van der Waals surface area contributed by atoms with E-state index in [0.717, 1.165) is 29.5 Å². The van der Waals surface area contributed by atoms with E-state index in [1.165, 1.54) is 51.3 Å². The number of nitrogens with one attached hydrogen (secondary N) is 5. The topological polar surface area (TPSA) is 485 Å². The summed E-state index contributed by atoms with van der Waals surface area (Å²) in [5.74, 6) is -8.70. The van der Waals surface area contributed by atoms with Crippen LogP contribution < -0.4 is 43.8 Å². The Labute approximate surface area is 655 Å². The van der Waals surface area contributed by atoms with Crippen LogP contribution in [-0.2, 0) is 100 Å². The molecule has 11 amide bonds. The number of likely N-dealkylation sites (tertiary alicyclic amines) is 2. The number of ether oxygens (including phenoxy) is 2. The zero-order valence-corrected chi connectivity index (χ0v) is 65.7. The standard InChI is InChI=1S/C74H112N14O19S3/c1-4-6-8-17-62(90)80-40-54(72(102)88-25-12-16-59(88)73(103)87-24-11-15-58(87)68(77)98)47-109-45-52-36-51(37-53(38-52)46-110-48-57(67(76)97)83-71(101)56(39-50-13-9-7-10-14-50)82-70(100)55(18-20-61(75)89)81-69(99)49(3)5-2)44-108-35-23-79-64(92)43-107-34-33-106-32-22-78-63(91)21-19-60(74(104)105)86-30-28-84(41-65(93)94)26-27-85(29-31-86)42-66(95)96/h7,9-10,13-14,36-38,40,49,54-60H,4-6,8,11-12,15-35,39,41-48H2,1-3H3,(H2,75,89)(H2,76,97)(H2,77,98)(H,78,91)(H,79,92)(H,81,99)(H,82,100)(H,83,101)(H,93,94)(H,95,96)(H,104,105)/b80-40+/t49-,54?,55-,56-,57?,58-,59-,60?/m0/s1. The van der Waals surface area contributed by atoms with Crippen molar-refractivity contribution >= 4 is 124 Å². The van der Waals surface area contributed by atoms with Gasteiger partial charge in [0.25, 0.3) is 0 Å². The summed E-state index contributed by atoms with van der Waals surface area (Å²) in [6, 6.07) is 8.44. The minimum Gasteiger partial charge on any atom is -0.480 e. The van der Waals surface area contributed by atoms with Crippen molar-refractivity contribution < 1.29 is 91.9 Å². The van der Waals surface area contributed by atoms with Crippen LogP contribution >= 0.6 is 35.3 Å². The van der Waals surface area contributed by atoms with Crippen molar-refractivity contribution in [2.75, 3.05) is 122 Å². The van der Waals surface area contributed by atoms with E-state index in [4.69, 9.17) is 26.7 Å². The molecule has 33 nitrogen and oxygen atoms in total. The van der Waals surface area contributed by atoms with Crippen LogP contribution in [0.5, 0.6) is 0 Å². The van der Waals surface area contributed by atoms with Gasteiger partial charge >= 0.3 is 17.9 Å². The van der Waals surface area contributed by atoms with E-state index in [0.29, 0.717) is 80.2 Å². The smallest absolute Gasteiger partial charge is 0.320 e. The molecule has 3 saturated heterocycles. The normalized spacial score (nSPS) is 17.4. The Balaban J connectivity index is 1.20. The second-order valence-electron chi connectivity index (χ2n) is 27.5. The lowest BCUT2D eigenvalue weighted by molar-refractivity contribution is -0.146. The highest BCUT2D eigenvalue weighted by atomic mass is 32.2. The number of carbonyl (C=O) groups is 14. The summed E-state index contributed by atoms with van der Waals surface area (Å²) in [6.45, 7) is 7.40. The lowest BCUT2D eigenvalue weighted by Crippen LogP contribution is -2.57. The van der Waals surface area contributed by atoms with E-state index >= 15 is 0 Å². The second kappa shape index (κ2) is 50.6. The number of hydrogen-bond acceptors (Lipinski definition) is 22. The first-order valence-corrected chi connectivity index (χ1v) is 41.0. The Kier molecular flexibility index (Phi) is 42.5. The minimum absolute atomic E-state index is 0.00329. The van der Waals surface area contributed by atoms with Gasteiger partial charge in [-0.25, -0.2) is 4.99 Å². The SMILES string of the molecule is CCCCCC(=O)/N=C/C(CSCc1cc(CSCCNC(=O)COCCOCCNC(=O)CCC(C(=O)O)N2CCN(CC(=O)O)CCN(CC(=O)O)CC2)cc(CSCC(NC(=O)[C@H](Cc2ccccc2)NC(=O)[C@H](CCC(N)=O)NC(=O)[C@@H](C)CC)C(N)=O)c1)C(=O)N1CCC[C@H]1C(=O)N1CCC[C@H]1C(N)=O. The Morgan fingerprint density at radius 2 is 1.17 bits per heavy atom. The van der Waals surface area contributed by atoms with Gasteiger partial charge in [0.05, 0.1) is 38.8 Å². The molecule has 3 unspecified atom stereocenters. The van der Waals surface area contributed by atoms with Crippen molar-refractivity contribution in [1.29, 1.82) is 0 Å². The number of carboxylic acid groups (broad SMARTS) is 3. The molecule has 3 aliphatic rings. The molecule has 2 aromatic rings. The number of carboxylic acids is 3. The van der Waals surface area contributed by atoms with Gasteiger partial charge < -0.3 is 78.4 Å². The highest BCUT2D eigenvalue weighted by Crippen LogP contribution is 2.29.